The van der Waals surface area contributed by atoms with Crippen LogP contribution in [0.25, 0.3) is 166 Å². The van der Waals surface area contributed by atoms with Gasteiger partial charge in [-0.05, 0) is 78.7 Å². The average molecular weight is 1090 g/mol. The van der Waals surface area contributed by atoms with Gasteiger partial charge in [-0.3, -0.25) is 0 Å². The van der Waals surface area contributed by atoms with Crippen molar-refractivity contribution < 1.29 is 0 Å². The summed E-state index contributed by atoms with van der Waals surface area (Å²) in [5, 5.41) is 19.5. The summed E-state index contributed by atoms with van der Waals surface area (Å²) in [7, 11) is 0. The molecule has 0 bridgehead atoms. The van der Waals surface area contributed by atoms with E-state index in [4.69, 9.17) is 24.9 Å². The van der Waals surface area contributed by atoms with Crippen molar-refractivity contribution in [2.75, 3.05) is 0 Å². The van der Waals surface area contributed by atoms with Crippen molar-refractivity contribution in [1.82, 2.24) is 24.9 Å². The van der Waals surface area contributed by atoms with Crippen LogP contribution < -0.4 is 0 Å². The Bertz CT molecular complexity index is 5380. The van der Waals surface area contributed by atoms with E-state index in [1.54, 1.807) is 0 Å². The predicted molar refractivity (Wildman–Crippen MR) is 354 cm³/mol. The highest BCUT2D eigenvalue weighted by atomic mass is 14.9. The van der Waals surface area contributed by atoms with Gasteiger partial charge < -0.3 is 0 Å². The van der Waals surface area contributed by atoms with Crippen molar-refractivity contribution in [2.45, 2.75) is 0 Å². The number of benzene rings is 12. The summed E-state index contributed by atoms with van der Waals surface area (Å²) in [4.78, 5) is 27.4. The Morgan fingerprint density at radius 2 is 0.605 bits per heavy atom. The van der Waals surface area contributed by atoms with Crippen LogP contribution >= 0.6 is 0 Å². The van der Waals surface area contributed by atoms with Gasteiger partial charge in [0.15, 0.2) is 5.82 Å². The Morgan fingerprint density at radius 3 is 1.09 bits per heavy atom. The number of nitriles is 1. The van der Waals surface area contributed by atoms with Crippen molar-refractivity contribution in [3.05, 3.63) is 297 Å². The summed E-state index contributed by atoms with van der Waals surface area (Å²) in [5.74, 6) is 0.622. The average Bonchev–Trinajstić information content (AvgIpc) is 1.39. The second-order valence-electron chi connectivity index (χ2n) is 21.7. The van der Waals surface area contributed by atoms with Crippen molar-refractivity contribution >= 4 is 65.2 Å². The van der Waals surface area contributed by atoms with Crippen LogP contribution in [0, 0.1) is 11.3 Å². The highest BCUT2D eigenvalue weighted by molar-refractivity contribution is 6.20. The van der Waals surface area contributed by atoms with Crippen LogP contribution in [-0.2, 0) is 0 Å². The molecule has 0 N–H and O–H groups in total. The van der Waals surface area contributed by atoms with Crippen molar-refractivity contribution in [2.24, 2.45) is 0 Å². The Kier molecular flexibility index (Phi) is 12.1. The minimum Gasteiger partial charge on any atom is -0.245 e. The third kappa shape index (κ3) is 8.45. The van der Waals surface area contributed by atoms with Crippen LogP contribution in [-0.4, -0.2) is 24.9 Å². The molecule has 0 saturated heterocycles. The van der Waals surface area contributed by atoms with Crippen LogP contribution in [0.3, 0.4) is 0 Å². The summed E-state index contributed by atoms with van der Waals surface area (Å²) >= 11 is 0. The minimum atomic E-state index is 0.501. The first kappa shape index (κ1) is 50.0. The number of pyridine rings is 3. The monoisotopic (exact) mass is 1090 g/mol. The van der Waals surface area contributed by atoms with E-state index in [2.05, 4.69) is 218 Å². The summed E-state index contributed by atoms with van der Waals surface area (Å²) in [6.45, 7) is 0. The first-order chi connectivity index (χ1) is 42.6. The highest BCUT2D eigenvalue weighted by Gasteiger charge is 2.25. The summed E-state index contributed by atoms with van der Waals surface area (Å²) < 4.78 is 0. The Labute approximate surface area is 496 Å². The zero-order valence-corrected chi connectivity index (χ0v) is 46.4. The molecule has 6 nitrogen and oxygen atoms in total. The van der Waals surface area contributed by atoms with E-state index >= 15 is 0 Å². The third-order valence-electron chi connectivity index (χ3n) is 16.7. The maximum Gasteiger partial charge on any atom is 0.160 e. The number of nitrogens with zero attached hydrogens (tertiary/aromatic N) is 6. The zero-order valence-electron chi connectivity index (χ0n) is 46.4. The van der Waals surface area contributed by atoms with E-state index in [0.29, 0.717) is 17.1 Å². The van der Waals surface area contributed by atoms with Crippen LogP contribution in [0.4, 0.5) is 0 Å². The van der Waals surface area contributed by atoms with Gasteiger partial charge in [0, 0.05) is 54.9 Å². The molecule has 4 heterocycles. The maximum absolute atomic E-state index is 11.5. The van der Waals surface area contributed by atoms with E-state index in [1.807, 2.05) is 78.9 Å². The molecule has 0 saturated carbocycles. The molecule has 6 heteroatoms. The molecule has 16 aromatic rings. The fourth-order valence-corrected chi connectivity index (χ4v) is 12.7. The van der Waals surface area contributed by atoms with Gasteiger partial charge in [0.2, 0.25) is 0 Å². The molecule has 0 amide bonds. The SMILES string of the molecule is N#Cc1c(-c2ccccc2)nc2c(ccc3c(-c4ccccc4)cc(-c4ccccc4)nc32)c1-c1cccc2c(-c3cccc4c(-c5nc(-c6ccccc6)nc6c5ccc5c(-c7ccccc7)cc(-c7ccccc7)nc56)cccc34)cccc12. The van der Waals surface area contributed by atoms with E-state index in [9.17, 15) is 5.26 Å². The largest absolute Gasteiger partial charge is 0.245 e. The Hall–Kier alpha value is -11.8. The molecule has 0 aliphatic heterocycles. The first-order valence-corrected chi connectivity index (χ1v) is 28.9. The smallest absolute Gasteiger partial charge is 0.160 e. The number of aromatic nitrogens is 5. The van der Waals surface area contributed by atoms with Crippen LogP contribution in [0.5, 0.6) is 0 Å². The molecule has 4 aromatic heterocycles. The van der Waals surface area contributed by atoms with Crippen LogP contribution in [0.15, 0.2) is 291 Å². The lowest BCUT2D eigenvalue weighted by atomic mass is 9.86. The van der Waals surface area contributed by atoms with Crippen LogP contribution in [0.2, 0.25) is 0 Å². The van der Waals surface area contributed by atoms with Gasteiger partial charge in [-0.25, -0.2) is 24.9 Å². The zero-order chi connectivity index (χ0) is 57.1. The van der Waals surface area contributed by atoms with Gasteiger partial charge in [-0.15, -0.1) is 0 Å². The van der Waals surface area contributed by atoms with E-state index < -0.39 is 0 Å². The molecular weight excluding hydrogens is 1040 g/mol. The third-order valence-corrected chi connectivity index (χ3v) is 16.7. The standard InChI is InChI=1S/C80H48N6/c81-49-70-73(66-45-43-64-68(50-23-7-1-8-24-50)47-71(52-27-11-3-12-28-52)82-76(64)78(66)84-74(70)54-31-15-5-16-32-54)62-41-21-37-58-56(35-19-39-60(58)62)57-36-20-40-61-59(57)38-22-42-63(61)75-67-46-44-65-69(51-25-9-2-10-26-51)48-72(53-29-13-4-14-30-53)83-77(65)79(67)86-80(85-75)55-33-17-6-18-34-55/h1-48H. The molecule has 0 atom stereocenters. The Balaban J connectivity index is 0.919. The van der Waals surface area contributed by atoms with Gasteiger partial charge in [0.05, 0.1) is 44.9 Å². The molecule has 398 valence electrons. The second-order valence-corrected chi connectivity index (χ2v) is 21.7. The summed E-state index contributed by atoms with van der Waals surface area (Å²) in [5.41, 5.74) is 19.7. The van der Waals surface area contributed by atoms with E-state index in [-0.39, 0.29) is 0 Å². The normalized spacial score (nSPS) is 11.5. The number of rotatable bonds is 9. The molecule has 0 aliphatic carbocycles. The van der Waals surface area contributed by atoms with Crippen molar-refractivity contribution in [3.8, 4) is 107 Å². The number of hydrogen-bond donors (Lipinski definition) is 0. The fourth-order valence-electron chi connectivity index (χ4n) is 12.7. The highest BCUT2D eigenvalue weighted by Crippen LogP contribution is 2.47. The summed E-state index contributed by atoms with van der Waals surface area (Å²) in [6, 6.07) is 104. The summed E-state index contributed by atoms with van der Waals surface area (Å²) in [6.07, 6.45) is 0. The molecule has 0 aliphatic rings. The van der Waals surface area contributed by atoms with Crippen molar-refractivity contribution in [3.63, 3.8) is 0 Å². The molecule has 12 aromatic carbocycles. The molecular formula is C80H48N6. The topological polar surface area (TPSA) is 88.2 Å². The van der Waals surface area contributed by atoms with E-state index in [1.165, 1.54) is 0 Å². The number of fused-ring (bicyclic) bond motifs is 8. The maximum atomic E-state index is 11.5. The molecule has 0 radical (unpaired) electrons. The van der Waals surface area contributed by atoms with Gasteiger partial charge in [-0.1, -0.05) is 273 Å². The lowest BCUT2D eigenvalue weighted by Crippen LogP contribution is -2.00. The quantitative estimate of drug-likeness (QED) is 0.134. The van der Waals surface area contributed by atoms with Crippen molar-refractivity contribution in [1.29, 1.82) is 5.26 Å². The van der Waals surface area contributed by atoms with Gasteiger partial charge >= 0.3 is 0 Å². The van der Waals surface area contributed by atoms with Gasteiger partial charge in [0.25, 0.3) is 0 Å². The molecule has 0 unspecified atom stereocenters. The molecule has 16 rings (SSSR count). The molecule has 86 heavy (non-hydrogen) atoms. The molecule has 0 spiro atoms. The lowest BCUT2D eigenvalue weighted by Gasteiger charge is -2.19. The predicted octanol–water partition coefficient (Wildman–Crippen LogP) is 20.5. The number of hydrogen-bond acceptors (Lipinski definition) is 6. The lowest BCUT2D eigenvalue weighted by molar-refractivity contribution is 1.23. The second kappa shape index (κ2) is 20.9. The van der Waals surface area contributed by atoms with Gasteiger partial charge in [-0.2, -0.15) is 5.26 Å². The van der Waals surface area contributed by atoms with Crippen LogP contribution in [0.1, 0.15) is 5.56 Å². The fraction of sp³-hybridized carbons (Fsp3) is 0. The van der Waals surface area contributed by atoms with Gasteiger partial charge in [0.1, 0.15) is 11.6 Å². The Morgan fingerprint density at radius 1 is 0.233 bits per heavy atom. The minimum absolute atomic E-state index is 0.501. The van der Waals surface area contributed by atoms with E-state index in [0.717, 1.165) is 155 Å². The first-order valence-electron chi connectivity index (χ1n) is 28.9. The molecule has 0 fully saturated rings.